The van der Waals surface area contributed by atoms with Gasteiger partial charge in [-0.2, -0.15) is 0 Å². The first kappa shape index (κ1) is 19.3. The molecule has 26 heavy (non-hydrogen) atoms. The fourth-order valence-electron chi connectivity index (χ4n) is 3.31. The molecule has 0 aromatic heterocycles. The van der Waals surface area contributed by atoms with Crippen LogP contribution in [0.15, 0.2) is 24.3 Å². The Labute approximate surface area is 160 Å². The molecular weight excluding hydrogens is 354 g/mol. The Bertz CT molecular complexity index is 573. The van der Waals surface area contributed by atoms with Crippen LogP contribution in [0.1, 0.15) is 19.3 Å². The number of amides is 2. The minimum atomic E-state index is 0.00914. The second-order valence-electron chi connectivity index (χ2n) is 6.75. The van der Waals surface area contributed by atoms with Gasteiger partial charge in [0.2, 0.25) is 0 Å². The number of halogens is 1. The van der Waals surface area contributed by atoms with Crippen LogP contribution in [0.4, 0.5) is 10.5 Å². The molecule has 1 aromatic carbocycles. The van der Waals surface area contributed by atoms with E-state index in [1.165, 1.54) is 0 Å². The zero-order valence-electron chi connectivity index (χ0n) is 15.2. The van der Waals surface area contributed by atoms with Gasteiger partial charge in [-0.3, -0.25) is 0 Å². The number of nitrogens with one attached hydrogen (secondary N) is 1. The molecule has 2 aliphatic rings. The first-order chi connectivity index (χ1) is 12.7. The molecule has 7 heteroatoms. The molecule has 2 aliphatic heterocycles. The maximum absolute atomic E-state index is 12.3. The van der Waals surface area contributed by atoms with E-state index in [0.29, 0.717) is 32.8 Å². The van der Waals surface area contributed by atoms with Crippen molar-refractivity contribution >= 4 is 23.3 Å². The standard InChI is InChI=1S/C19H28ClN3O3/c20-16-4-1-5-17(14-16)22-8-10-23(11-9-22)19(24)21-7-3-12-25-15-18-6-2-13-26-18/h1,4-5,14,18H,2-3,6-13,15H2,(H,21,24). The maximum atomic E-state index is 12.3. The van der Waals surface area contributed by atoms with E-state index in [4.69, 9.17) is 21.1 Å². The molecule has 1 aromatic rings. The number of nitrogens with zero attached hydrogens (tertiary/aromatic N) is 2. The van der Waals surface area contributed by atoms with E-state index in [9.17, 15) is 4.79 Å². The molecule has 1 N–H and O–H groups in total. The van der Waals surface area contributed by atoms with Crippen molar-refractivity contribution in [3.05, 3.63) is 29.3 Å². The summed E-state index contributed by atoms with van der Waals surface area (Å²) in [5, 5.41) is 3.72. The molecule has 2 amide bonds. The normalized spacial score (nSPS) is 20.4. The highest BCUT2D eigenvalue weighted by Crippen LogP contribution is 2.20. The van der Waals surface area contributed by atoms with Crippen LogP contribution < -0.4 is 10.2 Å². The summed E-state index contributed by atoms with van der Waals surface area (Å²) in [6, 6.07) is 7.86. The van der Waals surface area contributed by atoms with Crippen LogP contribution in [0.2, 0.25) is 5.02 Å². The first-order valence-electron chi connectivity index (χ1n) is 9.45. The van der Waals surface area contributed by atoms with Gasteiger partial charge in [0.05, 0.1) is 12.7 Å². The Morgan fingerprint density at radius 3 is 2.88 bits per heavy atom. The maximum Gasteiger partial charge on any atom is 0.317 e. The van der Waals surface area contributed by atoms with E-state index in [-0.39, 0.29) is 12.1 Å². The van der Waals surface area contributed by atoms with Gasteiger partial charge in [0.25, 0.3) is 0 Å². The van der Waals surface area contributed by atoms with Gasteiger partial charge in [-0.1, -0.05) is 17.7 Å². The molecule has 2 fully saturated rings. The van der Waals surface area contributed by atoms with Gasteiger partial charge >= 0.3 is 6.03 Å². The molecule has 144 valence electrons. The number of ether oxygens (including phenoxy) is 2. The largest absolute Gasteiger partial charge is 0.379 e. The fraction of sp³-hybridized carbons (Fsp3) is 0.632. The van der Waals surface area contributed by atoms with Crippen molar-refractivity contribution in [2.75, 3.05) is 57.4 Å². The Hall–Kier alpha value is -1.50. The van der Waals surface area contributed by atoms with E-state index in [2.05, 4.69) is 16.3 Å². The molecule has 2 saturated heterocycles. The summed E-state index contributed by atoms with van der Waals surface area (Å²) in [4.78, 5) is 16.4. The molecule has 0 saturated carbocycles. The van der Waals surface area contributed by atoms with Crippen molar-refractivity contribution in [2.24, 2.45) is 0 Å². The summed E-state index contributed by atoms with van der Waals surface area (Å²) in [7, 11) is 0. The number of benzene rings is 1. The lowest BCUT2D eigenvalue weighted by Gasteiger charge is -2.36. The predicted octanol–water partition coefficient (Wildman–Crippen LogP) is 2.76. The molecule has 6 nitrogen and oxygen atoms in total. The number of hydrogen-bond acceptors (Lipinski definition) is 4. The molecule has 3 rings (SSSR count). The SMILES string of the molecule is O=C(NCCCOCC1CCCO1)N1CCN(c2cccc(Cl)c2)CC1. The van der Waals surface area contributed by atoms with Crippen molar-refractivity contribution in [3.63, 3.8) is 0 Å². The summed E-state index contributed by atoms with van der Waals surface area (Å²) >= 11 is 6.05. The molecular formula is C19H28ClN3O3. The molecule has 0 bridgehead atoms. The second kappa shape index (κ2) is 10.00. The number of carbonyl (C=O) groups is 1. The van der Waals surface area contributed by atoms with Gasteiger partial charge in [-0.05, 0) is 37.5 Å². The predicted molar refractivity (Wildman–Crippen MR) is 103 cm³/mol. The Morgan fingerprint density at radius 2 is 2.15 bits per heavy atom. The molecule has 0 aliphatic carbocycles. The van der Waals surface area contributed by atoms with Gasteiger partial charge in [-0.15, -0.1) is 0 Å². The average molecular weight is 382 g/mol. The van der Waals surface area contributed by atoms with Crippen LogP contribution in [-0.4, -0.2) is 69.6 Å². The number of anilines is 1. The summed E-state index contributed by atoms with van der Waals surface area (Å²) < 4.78 is 11.1. The summed E-state index contributed by atoms with van der Waals surface area (Å²) in [5.41, 5.74) is 1.11. The Kier molecular flexibility index (Phi) is 7.41. The number of piperazine rings is 1. The van der Waals surface area contributed by atoms with Crippen LogP contribution in [0, 0.1) is 0 Å². The van der Waals surface area contributed by atoms with Gasteiger partial charge in [0.1, 0.15) is 0 Å². The minimum Gasteiger partial charge on any atom is -0.379 e. The van der Waals surface area contributed by atoms with E-state index in [0.717, 1.165) is 49.7 Å². The summed E-state index contributed by atoms with van der Waals surface area (Å²) in [6.07, 6.45) is 3.31. The van der Waals surface area contributed by atoms with Gasteiger partial charge in [0.15, 0.2) is 0 Å². The Balaban J connectivity index is 1.27. The van der Waals surface area contributed by atoms with Crippen molar-refractivity contribution in [1.29, 1.82) is 0 Å². The topological polar surface area (TPSA) is 54.0 Å². The highest BCUT2D eigenvalue weighted by molar-refractivity contribution is 6.30. The lowest BCUT2D eigenvalue weighted by atomic mass is 10.2. The van der Waals surface area contributed by atoms with E-state index >= 15 is 0 Å². The monoisotopic (exact) mass is 381 g/mol. The lowest BCUT2D eigenvalue weighted by molar-refractivity contribution is 0.0167. The van der Waals surface area contributed by atoms with Gasteiger partial charge in [0, 0.05) is 56.6 Å². The zero-order chi connectivity index (χ0) is 18.2. The highest BCUT2D eigenvalue weighted by Gasteiger charge is 2.21. The number of urea groups is 1. The molecule has 0 radical (unpaired) electrons. The van der Waals surface area contributed by atoms with Crippen LogP contribution in [0.25, 0.3) is 0 Å². The average Bonchev–Trinajstić information content (AvgIpc) is 3.18. The number of carbonyl (C=O) groups excluding carboxylic acids is 1. The second-order valence-corrected chi connectivity index (χ2v) is 7.19. The van der Waals surface area contributed by atoms with E-state index in [1.54, 1.807) is 0 Å². The minimum absolute atomic E-state index is 0.00914. The third-order valence-electron chi connectivity index (χ3n) is 4.81. The first-order valence-corrected chi connectivity index (χ1v) is 9.83. The quantitative estimate of drug-likeness (QED) is 0.738. The van der Waals surface area contributed by atoms with Gasteiger partial charge < -0.3 is 24.6 Å². The summed E-state index contributed by atoms with van der Waals surface area (Å²) in [6.45, 7) is 5.88. The number of rotatable bonds is 7. The summed E-state index contributed by atoms with van der Waals surface area (Å²) in [5.74, 6) is 0. The lowest BCUT2D eigenvalue weighted by Crippen LogP contribution is -2.52. The Morgan fingerprint density at radius 1 is 1.31 bits per heavy atom. The van der Waals surface area contributed by atoms with E-state index in [1.807, 2.05) is 23.1 Å². The molecule has 2 heterocycles. The van der Waals surface area contributed by atoms with Crippen LogP contribution in [0.3, 0.4) is 0 Å². The number of hydrogen-bond donors (Lipinski definition) is 1. The smallest absolute Gasteiger partial charge is 0.317 e. The molecule has 0 spiro atoms. The molecule has 1 atom stereocenters. The van der Waals surface area contributed by atoms with Crippen LogP contribution in [-0.2, 0) is 9.47 Å². The zero-order valence-corrected chi connectivity index (χ0v) is 15.9. The third-order valence-corrected chi connectivity index (χ3v) is 5.04. The van der Waals surface area contributed by atoms with Crippen LogP contribution in [0.5, 0.6) is 0 Å². The van der Waals surface area contributed by atoms with Crippen molar-refractivity contribution in [1.82, 2.24) is 10.2 Å². The fourth-order valence-corrected chi connectivity index (χ4v) is 3.50. The highest BCUT2D eigenvalue weighted by atomic mass is 35.5. The van der Waals surface area contributed by atoms with Crippen molar-refractivity contribution in [2.45, 2.75) is 25.4 Å². The van der Waals surface area contributed by atoms with Gasteiger partial charge in [-0.25, -0.2) is 4.79 Å². The molecule has 1 unspecified atom stereocenters. The van der Waals surface area contributed by atoms with Crippen LogP contribution >= 0.6 is 11.6 Å². The van der Waals surface area contributed by atoms with E-state index < -0.39 is 0 Å². The third kappa shape index (κ3) is 5.76. The van der Waals surface area contributed by atoms with Crippen molar-refractivity contribution in [3.8, 4) is 0 Å². The van der Waals surface area contributed by atoms with Crippen molar-refractivity contribution < 1.29 is 14.3 Å².